The molecule has 4 aromatic rings. The van der Waals surface area contributed by atoms with Crippen LogP contribution in [0.15, 0.2) is 126 Å². The minimum atomic E-state index is -4.22. The first-order valence-electron chi connectivity index (χ1n) is 13.1. The van der Waals surface area contributed by atoms with Gasteiger partial charge in [-0.1, -0.05) is 60.7 Å². The highest BCUT2D eigenvalue weighted by Crippen LogP contribution is 2.37. The summed E-state index contributed by atoms with van der Waals surface area (Å²) in [7, 11) is -2.87. The van der Waals surface area contributed by atoms with Gasteiger partial charge >= 0.3 is 16.1 Å². The summed E-state index contributed by atoms with van der Waals surface area (Å²) in [6.45, 7) is 3.75. The van der Waals surface area contributed by atoms with Crippen molar-refractivity contribution in [3.05, 3.63) is 132 Å². The van der Waals surface area contributed by atoms with Crippen molar-refractivity contribution >= 4 is 45.4 Å². The highest BCUT2D eigenvalue weighted by atomic mass is 32.2. The maximum absolute atomic E-state index is 13.7. The number of ether oxygens (including phenoxy) is 1. The van der Waals surface area contributed by atoms with E-state index in [2.05, 4.69) is 6.58 Å². The zero-order chi connectivity index (χ0) is 30.6. The number of carbonyl (C=O) groups is 3. The van der Waals surface area contributed by atoms with Crippen molar-refractivity contribution in [3.63, 3.8) is 0 Å². The Morgan fingerprint density at radius 3 is 1.77 bits per heavy atom. The van der Waals surface area contributed by atoms with Gasteiger partial charge in [0.15, 0.2) is 11.5 Å². The van der Waals surface area contributed by atoms with Gasteiger partial charge in [-0.05, 0) is 66.6 Å². The van der Waals surface area contributed by atoms with E-state index in [0.29, 0.717) is 11.1 Å². The van der Waals surface area contributed by atoms with Gasteiger partial charge in [0.2, 0.25) is 0 Å². The third-order valence-electron chi connectivity index (χ3n) is 6.55. The minimum absolute atomic E-state index is 0.0436. The van der Waals surface area contributed by atoms with Crippen LogP contribution in [0.1, 0.15) is 11.1 Å². The Morgan fingerprint density at radius 2 is 1.28 bits per heavy atom. The fourth-order valence-electron chi connectivity index (χ4n) is 4.57. The summed E-state index contributed by atoms with van der Waals surface area (Å²) in [4.78, 5) is 42.9. The standard InChI is InChI=1S/C33H26N2O7S/c1-3-13-24-20-23(22-29(41-2)30(24)42-43(39,40)27-18-11-6-12-19-27)21-28-31(36)34(25-14-7-4-8-15-25)33(38)35(32(28)37)26-16-9-5-10-17-26/h3-12,14-22H,1,13H2,2H3. The normalized spacial score (nSPS) is 13.6. The van der Waals surface area contributed by atoms with Crippen LogP contribution in [-0.4, -0.2) is 33.4 Å². The SMILES string of the molecule is C=CCc1cc(C=C2C(=O)N(c3ccccc3)C(=O)N(c3ccccc3)C2=O)cc(OC)c1OS(=O)(=O)c1ccccc1. The van der Waals surface area contributed by atoms with Gasteiger partial charge in [-0.15, -0.1) is 6.58 Å². The Labute approximate surface area is 249 Å². The molecule has 1 fully saturated rings. The second kappa shape index (κ2) is 12.2. The Hall–Kier alpha value is -5.48. The van der Waals surface area contributed by atoms with Crippen molar-refractivity contribution < 1.29 is 31.7 Å². The van der Waals surface area contributed by atoms with Gasteiger partial charge < -0.3 is 8.92 Å². The van der Waals surface area contributed by atoms with E-state index in [-0.39, 0.29) is 39.8 Å². The molecule has 1 saturated heterocycles. The molecule has 0 aromatic heterocycles. The molecule has 0 radical (unpaired) electrons. The summed E-state index contributed by atoms with van der Waals surface area (Å²) in [5, 5.41) is 0. The van der Waals surface area contributed by atoms with Gasteiger partial charge in [-0.2, -0.15) is 8.42 Å². The molecule has 0 spiro atoms. The highest BCUT2D eigenvalue weighted by Gasteiger charge is 2.43. The number of imide groups is 2. The number of hydrogen-bond donors (Lipinski definition) is 0. The quantitative estimate of drug-likeness (QED) is 0.105. The van der Waals surface area contributed by atoms with Crippen LogP contribution >= 0.6 is 0 Å². The van der Waals surface area contributed by atoms with E-state index in [1.165, 1.54) is 31.4 Å². The lowest BCUT2D eigenvalue weighted by atomic mass is 10.0. The molecule has 1 heterocycles. The van der Waals surface area contributed by atoms with E-state index in [1.54, 1.807) is 91.0 Å². The van der Waals surface area contributed by atoms with Crippen LogP contribution in [0.2, 0.25) is 0 Å². The number of anilines is 2. The lowest BCUT2D eigenvalue weighted by molar-refractivity contribution is -0.121. The number of barbiturate groups is 1. The second-order valence-corrected chi connectivity index (χ2v) is 10.9. The predicted molar refractivity (Wildman–Crippen MR) is 162 cm³/mol. The lowest BCUT2D eigenvalue weighted by Crippen LogP contribution is -2.57. The van der Waals surface area contributed by atoms with Crippen LogP contribution in [0.4, 0.5) is 16.2 Å². The summed E-state index contributed by atoms with van der Waals surface area (Å²) in [6.07, 6.45) is 3.07. The first-order valence-corrected chi connectivity index (χ1v) is 14.5. The number of benzene rings is 4. The van der Waals surface area contributed by atoms with Crippen LogP contribution < -0.4 is 18.7 Å². The molecule has 216 valence electrons. The summed E-state index contributed by atoms with van der Waals surface area (Å²) in [5.41, 5.74) is 1.01. The Kier molecular flexibility index (Phi) is 8.22. The van der Waals surface area contributed by atoms with Gasteiger partial charge in [-0.25, -0.2) is 14.6 Å². The van der Waals surface area contributed by atoms with Crippen LogP contribution in [0, 0.1) is 0 Å². The molecule has 0 bridgehead atoms. The predicted octanol–water partition coefficient (Wildman–Crippen LogP) is 5.77. The number of carbonyl (C=O) groups excluding carboxylic acids is 3. The van der Waals surface area contributed by atoms with Crippen LogP contribution in [0.25, 0.3) is 6.08 Å². The van der Waals surface area contributed by atoms with Crippen molar-refractivity contribution in [2.75, 3.05) is 16.9 Å². The molecule has 10 heteroatoms. The molecule has 5 rings (SSSR count). The molecular formula is C33H26N2O7S. The Balaban J connectivity index is 1.63. The van der Waals surface area contributed by atoms with E-state index in [9.17, 15) is 22.8 Å². The number of para-hydroxylation sites is 2. The van der Waals surface area contributed by atoms with Crippen molar-refractivity contribution in [1.82, 2.24) is 0 Å². The third-order valence-corrected chi connectivity index (χ3v) is 7.79. The second-order valence-electron chi connectivity index (χ2n) is 9.35. The largest absolute Gasteiger partial charge is 0.493 e. The fourth-order valence-corrected chi connectivity index (χ4v) is 5.57. The summed E-state index contributed by atoms with van der Waals surface area (Å²) >= 11 is 0. The topological polar surface area (TPSA) is 110 Å². The minimum Gasteiger partial charge on any atom is -0.493 e. The Bertz CT molecular complexity index is 1780. The van der Waals surface area contributed by atoms with Gasteiger partial charge in [0, 0.05) is 5.56 Å². The number of urea groups is 1. The lowest BCUT2D eigenvalue weighted by Gasteiger charge is -2.34. The fraction of sp³-hybridized carbons (Fsp3) is 0.0606. The number of rotatable bonds is 9. The number of hydrogen-bond acceptors (Lipinski definition) is 7. The average molecular weight is 595 g/mol. The summed E-state index contributed by atoms with van der Waals surface area (Å²) in [5.74, 6) is -1.63. The molecule has 0 unspecified atom stereocenters. The highest BCUT2D eigenvalue weighted by molar-refractivity contribution is 7.87. The van der Waals surface area contributed by atoms with Crippen molar-refractivity contribution in [2.24, 2.45) is 0 Å². The number of methoxy groups -OCH3 is 1. The monoisotopic (exact) mass is 594 g/mol. The molecule has 0 atom stereocenters. The molecule has 43 heavy (non-hydrogen) atoms. The first-order chi connectivity index (χ1) is 20.7. The average Bonchev–Trinajstić information content (AvgIpc) is 3.02. The molecule has 1 aliphatic heterocycles. The van der Waals surface area contributed by atoms with Gasteiger partial charge in [-0.3, -0.25) is 9.59 Å². The van der Waals surface area contributed by atoms with Crippen LogP contribution in [0.5, 0.6) is 11.5 Å². The maximum atomic E-state index is 13.7. The molecule has 0 aliphatic carbocycles. The van der Waals surface area contributed by atoms with Gasteiger partial charge in [0.25, 0.3) is 11.8 Å². The molecule has 9 nitrogen and oxygen atoms in total. The van der Waals surface area contributed by atoms with Crippen molar-refractivity contribution in [3.8, 4) is 11.5 Å². The van der Waals surface area contributed by atoms with E-state index >= 15 is 0 Å². The summed E-state index contributed by atoms with van der Waals surface area (Å²) < 4.78 is 37.1. The van der Waals surface area contributed by atoms with Crippen molar-refractivity contribution in [2.45, 2.75) is 11.3 Å². The van der Waals surface area contributed by atoms with Gasteiger partial charge in [0.1, 0.15) is 10.5 Å². The Morgan fingerprint density at radius 1 is 0.767 bits per heavy atom. The zero-order valence-electron chi connectivity index (χ0n) is 23.0. The number of nitrogens with zero attached hydrogens (tertiary/aromatic N) is 2. The molecule has 4 amide bonds. The van der Waals surface area contributed by atoms with E-state index in [0.717, 1.165) is 9.80 Å². The molecular weight excluding hydrogens is 568 g/mol. The molecule has 0 N–H and O–H groups in total. The smallest absolute Gasteiger partial charge is 0.343 e. The first kappa shape index (κ1) is 29.0. The molecule has 0 saturated carbocycles. The zero-order valence-corrected chi connectivity index (χ0v) is 23.9. The van der Waals surface area contributed by atoms with Crippen LogP contribution in [-0.2, 0) is 26.1 Å². The van der Waals surface area contributed by atoms with Gasteiger partial charge in [0.05, 0.1) is 18.5 Å². The van der Waals surface area contributed by atoms with E-state index in [1.807, 2.05) is 0 Å². The molecule has 1 aliphatic rings. The van der Waals surface area contributed by atoms with Crippen molar-refractivity contribution in [1.29, 1.82) is 0 Å². The maximum Gasteiger partial charge on any atom is 0.343 e. The van der Waals surface area contributed by atoms with Crippen LogP contribution in [0.3, 0.4) is 0 Å². The third kappa shape index (κ3) is 5.81. The van der Waals surface area contributed by atoms with E-state index < -0.39 is 28.0 Å². The van der Waals surface area contributed by atoms with E-state index in [4.69, 9.17) is 8.92 Å². The number of amides is 4. The number of allylic oxidation sites excluding steroid dienone is 1. The molecule has 4 aromatic carbocycles. The summed E-state index contributed by atoms with van der Waals surface area (Å²) in [6, 6.07) is 26.4.